The van der Waals surface area contributed by atoms with Crippen LogP contribution in [0.2, 0.25) is 0 Å². The molecule has 0 N–H and O–H groups in total. The minimum Gasteiger partial charge on any atom is -0.463 e. The first-order valence-electron chi connectivity index (χ1n) is 5.98. The van der Waals surface area contributed by atoms with Crippen molar-refractivity contribution in [3.05, 3.63) is 64.5 Å². The van der Waals surface area contributed by atoms with Gasteiger partial charge in [-0.1, -0.05) is 0 Å². The minimum atomic E-state index is -0.471. The van der Waals surface area contributed by atoms with E-state index in [4.69, 9.17) is 9.68 Å². The molecule has 2 heterocycles. The summed E-state index contributed by atoms with van der Waals surface area (Å²) >= 11 is 0. The number of hydrogen-bond donors (Lipinski definition) is 0. The molecule has 0 aliphatic rings. The Morgan fingerprint density at radius 2 is 2.05 bits per heavy atom. The smallest absolute Gasteiger partial charge is 0.269 e. The number of nitro benzene ring substituents is 1. The highest BCUT2D eigenvalue weighted by atomic mass is 16.6. The van der Waals surface area contributed by atoms with E-state index in [1.807, 2.05) is 6.07 Å². The second kappa shape index (κ2) is 4.94. The summed E-state index contributed by atoms with van der Waals surface area (Å²) in [4.78, 5) is 10.2. The number of nitriles is 1. The van der Waals surface area contributed by atoms with E-state index in [0.717, 1.165) is 0 Å². The van der Waals surface area contributed by atoms with E-state index in [1.165, 1.54) is 23.1 Å². The maximum atomic E-state index is 10.7. The predicted octanol–water partition coefficient (Wildman–Crippen LogP) is 2.91. The molecular weight excluding hydrogens is 272 g/mol. The third-order valence-corrected chi connectivity index (χ3v) is 2.90. The van der Waals surface area contributed by atoms with Crippen LogP contribution in [0.5, 0.6) is 0 Å². The third-order valence-electron chi connectivity index (χ3n) is 2.90. The summed E-state index contributed by atoms with van der Waals surface area (Å²) in [5, 5.41) is 23.8. The lowest BCUT2D eigenvalue weighted by Crippen LogP contribution is -1.99. The van der Waals surface area contributed by atoms with Crippen molar-refractivity contribution in [2.75, 3.05) is 0 Å². The van der Waals surface area contributed by atoms with Gasteiger partial charge in [0.15, 0.2) is 11.5 Å². The van der Waals surface area contributed by atoms with Gasteiger partial charge < -0.3 is 4.42 Å². The molecule has 3 aromatic rings. The van der Waals surface area contributed by atoms with Gasteiger partial charge >= 0.3 is 0 Å². The van der Waals surface area contributed by atoms with Crippen LogP contribution >= 0.6 is 0 Å². The Labute approximate surface area is 118 Å². The fraction of sp³-hybridized carbons (Fsp3) is 0. The average Bonchev–Trinajstić information content (AvgIpc) is 3.16. The molecule has 3 rings (SSSR count). The number of non-ortho nitro benzene ring substituents is 1. The van der Waals surface area contributed by atoms with Crippen molar-refractivity contribution < 1.29 is 9.34 Å². The maximum Gasteiger partial charge on any atom is 0.269 e. The number of hydrogen-bond acceptors (Lipinski definition) is 5. The van der Waals surface area contributed by atoms with Crippen LogP contribution in [0.1, 0.15) is 5.69 Å². The lowest BCUT2D eigenvalue weighted by atomic mass is 10.2. The van der Waals surface area contributed by atoms with Gasteiger partial charge in [0.1, 0.15) is 11.8 Å². The van der Waals surface area contributed by atoms with Gasteiger partial charge in [-0.15, -0.1) is 0 Å². The van der Waals surface area contributed by atoms with Gasteiger partial charge in [0.2, 0.25) is 0 Å². The first kappa shape index (κ1) is 12.6. The molecule has 0 bridgehead atoms. The first-order chi connectivity index (χ1) is 10.2. The zero-order valence-electron chi connectivity index (χ0n) is 10.6. The summed E-state index contributed by atoms with van der Waals surface area (Å²) in [6, 6.07) is 12.9. The van der Waals surface area contributed by atoms with E-state index in [2.05, 4.69) is 5.10 Å². The number of nitrogens with zero attached hydrogens (tertiary/aromatic N) is 4. The standard InChI is InChI=1S/C14H8N4O3/c15-9-10-8-13(14-2-1-7-21-14)17(16-10)11-3-5-12(6-4-11)18(19)20/h1-8H. The van der Waals surface area contributed by atoms with E-state index in [0.29, 0.717) is 17.1 Å². The number of rotatable bonds is 3. The molecule has 1 aromatic carbocycles. The van der Waals surface area contributed by atoms with Gasteiger partial charge in [0.25, 0.3) is 5.69 Å². The summed E-state index contributed by atoms with van der Waals surface area (Å²) in [6.45, 7) is 0. The fourth-order valence-electron chi connectivity index (χ4n) is 1.95. The van der Waals surface area contributed by atoms with Gasteiger partial charge in [-0.05, 0) is 24.3 Å². The van der Waals surface area contributed by atoms with Gasteiger partial charge in [0, 0.05) is 18.2 Å². The molecule has 7 heteroatoms. The second-order valence-corrected chi connectivity index (χ2v) is 4.19. The lowest BCUT2D eigenvalue weighted by molar-refractivity contribution is -0.384. The summed E-state index contributed by atoms with van der Waals surface area (Å²) in [5.41, 5.74) is 1.43. The van der Waals surface area contributed by atoms with Crippen molar-refractivity contribution in [2.24, 2.45) is 0 Å². The summed E-state index contributed by atoms with van der Waals surface area (Å²) in [7, 11) is 0. The van der Waals surface area contributed by atoms with Crippen molar-refractivity contribution in [3.63, 3.8) is 0 Å². The van der Waals surface area contributed by atoms with Crippen LogP contribution in [-0.2, 0) is 0 Å². The van der Waals surface area contributed by atoms with Crippen molar-refractivity contribution in [2.45, 2.75) is 0 Å². The molecule has 0 saturated carbocycles. The first-order valence-corrected chi connectivity index (χ1v) is 5.98. The molecule has 0 radical (unpaired) electrons. The maximum absolute atomic E-state index is 10.7. The zero-order valence-corrected chi connectivity index (χ0v) is 10.6. The Kier molecular flexibility index (Phi) is 2.97. The monoisotopic (exact) mass is 280 g/mol. The van der Waals surface area contributed by atoms with Crippen LogP contribution in [0.4, 0.5) is 5.69 Å². The quantitative estimate of drug-likeness (QED) is 0.542. The Morgan fingerprint density at radius 1 is 1.29 bits per heavy atom. The van der Waals surface area contributed by atoms with E-state index < -0.39 is 4.92 Å². The van der Waals surface area contributed by atoms with Gasteiger partial charge in [-0.25, -0.2) is 4.68 Å². The predicted molar refractivity (Wildman–Crippen MR) is 72.6 cm³/mol. The van der Waals surface area contributed by atoms with Gasteiger partial charge in [-0.3, -0.25) is 10.1 Å². The van der Waals surface area contributed by atoms with Crippen molar-refractivity contribution in [1.29, 1.82) is 5.26 Å². The molecular formula is C14H8N4O3. The van der Waals surface area contributed by atoms with E-state index >= 15 is 0 Å². The molecule has 21 heavy (non-hydrogen) atoms. The highest BCUT2D eigenvalue weighted by molar-refractivity contribution is 5.58. The summed E-state index contributed by atoms with van der Waals surface area (Å²) in [5.74, 6) is 0.558. The molecule has 0 aliphatic carbocycles. The molecule has 0 amide bonds. The molecule has 0 fully saturated rings. The minimum absolute atomic E-state index is 0.00837. The van der Waals surface area contributed by atoms with Crippen LogP contribution in [0, 0.1) is 21.4 Å². The number of aromatic nitrogens is 2. The van der Waals surface area contributed by atoms with E-state index in [-0.39, 0.29) is 11.4 Å². The van der Waals surface area contributed by atoms with E-state index in [9.17, 15) is 10.1 Å². The molecule has 0 saturated heterocycles. The van der Waals surface area contributed by atoms with Crippen LogP contribution in [-0.4, -0.2) is 14.7 Å². The van der Waals surface area contributed by atoms with Crippen molar-refractivity contribution in [3.8, 4) is 23.2 Å². The molecule has 7 nitrogen and oxygen atoms in total. The average molecular weight is 280 g/mol. The number of furan rings is 1. The lowest BCUT2D eigenvalue weighted by Gasteiger charge is -2.04. The largest absolute Gasteiger partial charge is 0.463 e. The van der Waals surface area contributed by atoms with Crippen LogP contribution in [0.15, 0.2) is 53.1 Å². The van der Waals surface area contributed by atoms with Crippen LogP contribution in [0.3, 0.4) is 0 Å². The van der Waals surface area contributed by atoms with Gasteiger partial charge in [-0.2, -0.15) is 10.4 Å². The summed E-state index contributed by atoms with van der Waals surface area (Å²) < 4.78 is 6.84. The third kappa shape index (κ3) is 2.26. The van der Waals surface area contributed by atoms with Gasteiger partial charge in [0.05, 0.1) is 16.9 Å². The Hall–Kier alpha value is -3.40. The number of benzene rings is 1. The molecule has 0 unspecified atom stereocenters. The highest BCUT2D eigenvalue weighted by Crippen LogP contribution is 2.25. The molecule has 0 spiro atoms. The SMILES string of the molecule is N#Cc1cc(-c2ccco2)n(-c2ccc([N+](=O)[O-])cc2)n1. The molecule has 2 aromatic heterocycles. The van der Waals surface area contributed by atoms with Crippen molar-refractivity contribution >= 4 is 5.69 Å². The van der Waals surface area contributed by atoms with E-state index in [1.54, 1.807) is 30.3 Å². The molecule has 102 valence electrons. The van der Waals surface area contributed by atoms with Crippen LogP contribution < -0.4 is 0 Å². The fourth-order valence-corrected chi connectivity index (χ4v) is 1.95. The topological polar surface area (TPSA) is 97.9 Å². The number of nitro groups is 1. The van der Waals surface area contributed by atoms with Crippen molar-refractivity contribution in [1.82, 2.24) is 9.78 Å². The zero-order chi connectivity index (χ0) is 14.8. The highest BCUT2D eigenvalue weighted by Gasteiger charge is 2.14. The Morgan fingerprint density at radius 3 is 2.62 bits per heavy atom. The molecule has 0 atom stereocenters. The summed E-state index contributed by atoms with van der Waals surface area (Å²) in [6.07, 6.45) is 1.52. The second-order valence-electron chi connectivity index (χ2n) is 4.19. The van der Waals surface area contributed by atoms with Crippen LogP contribution in [0.25, 0.3) is 17.1 Å². The molecule has 0 aliphatic heterocycles. The Bertz CT molecular complexity index is 826. The normalized spacial score (nSPS) is 10.2. The Balaban J connectivity index is 2.11.